The fourth-order valence-electron chi connectivity index (χ4n) is 2.64. The SMILES string of the molecule is C=CCNc1ccnc(Nc2ccc(N3CCN(C)CC3)cc2)n1. The number of hydrogen-bond acceptors (Lipinski definition) is 6. The van der Waals surface area contributed by atoms with Crippen LogP contribution >= 0.6 is 0 Å². The lowest BCUT2D eigenvalue weighted by atomic mass is 10.2. The van der Waals surface area contributed by atoms with Gasteiger partial charge in [0, 0.05) is 50.3 Å². The van der Waals surface area contributed by atoms with Gasteiger partial charge in [0.25, 0.3) is 0 Å². The van der Waals surface area contributed by atoms with E-state index in [2.05, 4.69) is 68.3 Å². The second-order valence-corrected chi connectivity index (χ2v) is 5.90. The Balaban J connectivity index is 1.62. The van der Waals surface area contributed by atoms with Crippen molar-refractivity contribution in [2.45, 2.75) is 0 Å². The van der Waals surface area contributed by atoms with Gasteiger partial charge in [-0.25, -0.2) is 4.98 Å². The van der Waals surface area contributed by atoms with E-state index in [1.165, 1.54) is 5.69 Å². The zero-order chi connectivity index (χ0) is 16.8. The number of piperazine rings is 1. The van der Waals surface area contributed by atoms with Gasteiger partial charge >= 0.3 is 0 Å². The summed E-state index contributed by atoms with van der Waals surface area (Å²) >= 11 is 0. The molecule has 2 aromatic rings. The van der Waals surface area contributed by atoms with Crippen molar-refractivity contribution in [1.82, 2.24) is 14.9 Å². The molecule has 3 rings (SSSR count). The van der Waals surface area contributed by atoms with Gasteiger partial charge in [0.2, 0.25) is 5.95 Å². The van der Waals surface area contributed by atoms with Crippen LogP contribution in [-0.2, 0) is 0 Å². The van der Waals surface area contributed by atoms with Gasteiger partial charge in [-0.1, -0.05) is 6.08 Å². The maximum Gasteiger partial charge on any atom is 0.229 e. The largest absolute Gasteiger partial charge is 0.369 e. The van der Waals surface area contributed by atoms with Crippen LogP contribution in [0.5, 0.6) is 0 Å². The Kier molecular flexibility index (Phi) is 5.28. The number of likely N-dealkylation sites (N-methyl/N-ethyl adjacent to an activating group) is 1. The highest BCUT2D eigenvalue weighted by Crippen LogP contribution is 2.21. The molecule has 0 bridgehead atoms. The van der Waals surface area contributed by atoms with Crippen LogP contribution in [0.1, 0.15) is 0 Å². The first-order valence-electron chi connectivity index (χ1n) is 8.23. The second kappa shape index (κ2) is 7.79. The first-order valence-corrected chi connectivity index (χ1v) is 8.23. The first kappa shape index (κ1) is 16.3. The third-order valence-corrected chi connectivity index (χ3v) is 4.07. The second-order valence-electron chi connectivity index (χ2n) is 5.90. The lowest BCUT2D eigenvalue weighted by Gasteiger charge is -2.34. The Bertz CT molecular complexity index is 661. The van der Waals surface area contributed by atoms with Crippen molar-refractivity contribution >= 4 is 23.1 Å². The first-order chi connectivity index (χ1) is 11.7. The van der Waals surface area contributed by atoms with Crippen molar-refractivity contribution in [3.05, 3.63) is 49.2 Å². The fourth-order valence-corrected chi connectivity index (χ4v) is 2.64. The molecule has 2 heterocycles. The number of aromatic nitrogens is 2. The van der Waals surface area contributed by atoms with Crippen LogP contribution in [0.25, 0.3) is 0 Å². The Labute approximate surface area is 143 Å². The normalized spacial score (nSPS) is 15.1. The molecule has 0 aliphatic carbocycles. The van der Waals surface area contributed by atoms with E-state index in [0.717, 1.165) is 37.7 Å². The molecule has 24 heavy (non-hydrogen) atoms. The van der Waals surface area contributed by atoms with Gasteiger partial charge in [-0.05, 0) is 37.4 Å². The van der Waals surface area contributed by atoms with Crippen LogP contribution in [0, 0.1) is 0 Å². The lowest BCUT2D eigenvalue weighted by Crippen LogP contribution is -2.44. The summed E-state index contributed by atoms with van der Waals surface area (Å²) in [4.78, 5) is 13.5. The Morgan fingerprint density at radius 2 is 1.88 bits per heavy atom. The van der Waals surface area contributed by atoms with Gasteiger partial charge < -0.3 is 20.4 Å². The van der Waals surface area contributed by atoms with Gasteiger partial charge in [0.05, 0.1) is 0 Å². The number of nitrogens with zero attached hydrogens (tertiary/aromatic N) is 4. The van der Waals surface area contributed by atoms with Crippen LogP contribution in [0.4, 0.5) is 23.1 Å². The highest BCUT2D eigenvalue weighted by Gasteiger charge is 2.13. The molecule has 0 radical (unpaired) electrons. The molecular formula is C18H24N6. The molecule has 1 aromatic heterocycles. The van der Waals surface area contributed by atoms with E-state index in [1.807, 2.05) is 6.07 Å². The molecule has 0 amide bonds. The number of benzene rings is 1. The van der Waals surface area contributed by atoms with Crippen molar-refractivity contribution in [3.8, 4) is 0 Å². The quantitative estimate of drug-likeness (QED) is 0.797. The van der Waals surface area contributed by atoms with E-state index in [0.29, 0.717) is 12.5 Å². The smallest absolute Gasteiger partial charge is 0.229 e. The fraction of sp³-hybridized carbons (Fsp3) is 0.333. The Hall–Kier alpha value is -2.60. The van der Waals surface area contributed by atoms with E-state index in [4.69, 9.17) is 0 Å². The molecule has 1 saturated heterocycles. The summed E-state index contributed by atoms with van der Waals surface area (Å²) in [5, 5.41) is 6.40. The number of hydrogen-bond donors (Lipinski definition) is 2. The molecule has 1 aliphatic heterocycles. The standard InChI is InChI=1S/C18H24N6/c1-3-9-19-17-8-10-20-18(22-17)21-15-4-6-16(7-5-15)24-13-11-23(2)12-14-24/h3-8,10H,1,9,11-14H2,2H3,(H2,19,20,21,22). The molecule has 0 spiro atoms. The zero-order valence-electron chi connectivity index (χ0n) is 14.1. The summed E-state index contributed by atoms with van der Waals surface area (Å²) in [6, 6.07) is 10.3. The molecule has 1 aromatic carbocycles. The summed E-state index contributed by atoms with van der Waals surface area (Å²) in [5.74, 6) is 1.36. The summed E-state index contributed by atoms with van der Waals surface area (Å²) in [7, 11) is 2.17. The average Bonchev–Trinajstić information content (AvgIpc) is 2.62. The van der Waals surface area contributed by atoms with Crippen molar-refractivity contribution < 1.29 is 0 Å². The molecule has 0 atom stereocenters. The minimum absolute atomic E-state index is 0.580. The molecule has 2 N–H and O–H groups in total. The lowest BCUT2D eigenvalue weighted by molar-refractivity contribution is 0.313. The van der Waals surface area contributed by atoms with E-state index in [-0.39, 0.29) is 0 Å². The van der Waals surface area contributed by atoms with E-state index < -0.39 is 0 Å². The van der Waals surface area contributed by atoms with Gasteiger partial charge in [-0.2, -0.15) is 4.98 Å². The molecule has 6 heteroatoms. The van der Waals surface area contributed by atoms with Gasteiger partial charge in [-0.3, -0.25) is 0 Å². The molecule has 1 aliphatic rings. The molecule has 0 unspecified atom stereocenters. The molecule has 126 valence electrons. The molecule has 6 nitrogen and oxygen atoms in total. The number of nitrogens with one attached hydrogen (secondary N) is 2. The van der Waals surface area contributed by atoms with Crippen molar-refractivity contribution in [2.75, 3.05) is 55.3 Å². The van der Waals surface area contributed by atoms with Crippen LogP contribution in [0.2, 0.25) is 0 Å². The molecule has 0 saturated carbocycles. The maximum atomic E-state index is 4.43. The minimum atomic E-state index is 0.580. The molecular weight excluding hydrogens is 300 g/mol. The van der Waals surface area contributed by atoms with E-state index in [1.54, 1.807) is 12.3 Å². The zero-order valence-corrected chi connectivity index (χ0v) is 14.1. The van der Waals surface area contributed by atoms with Gasteiger partial charge in [0.1, 0.15) is 5.82 Å². The van der Waals surface area contributed by atoms with E-state index >= 15 is 0 Å². The monoisotopic (exact) mass is 324 g/mol. The number of anilines is 4. The van der Waals surface area contributed by atoms with Crippen LogP contribution in [-0.4, -0.2) is 54.6 Å². The summed E-state index contributed by atoms with van der Waals surface area (Å²) < 4.78 is 0. The predicted octanol–water partition coefficient (Wildman–Crippen LogP) is 2.57. The van der Waals surface area contributed by atoms with Crippen molar-refractivity contribution in [2.24, 2.45) is 0 Å². The average molecular weight is 324 g/mol. The van der Waals surface area contributed by atoms with Crippen molar-refractivity contribution in [1.29, 1.82) is 0 Å². The summed E-state index contributed by atoms with van der Waals surface area (Å²) in [5.41, 5.74) is 2.24. The van der Waals surface area contributed by atoms with Crippen LogP contribution in [0.3, 0.4) is 0 Å². The highest BCUT2D eigenvalue weighted by atomic mass is 15.2. The predicted molar refractivity (Wildman–Crippen MR) is 100 cm³/mol. The Morgan fingerprint density at radius 1 is 1.12 bits per heavy atom. The summed E-state index contributed by atoms with van der Waals surface area (Å²) in [6.07, 6.45) is 3.53. The van der Waals surface area contributed by atoms with Crippen molar-refractivity contribution in [3.63, 3.8) is 0 Å². The van der Waals surface area contributed by atoms with Crippen LogP contribution in [0.15, 0.2) is 49.2 Å². The Morgan fingerprint density at radius 3 is 2.58 bits per heavy atom. The number of rotatable bonds is 6. The third-order valence-electron chi connectivity index (χ3n) is 4.07. The minimum Gasteiger partial charge on any atom is -0.369 e. The molecule has 1 fully saturated rings. The third kappa shape index (κ3) is 4.23. The van der Waals surface area contributed by atoms with E-state index in [9.17, 15) is 0 Å². The van der Waals surface area contributed by atoms with Crippen LogP contribution < -0.4 is 15.5 Å². The maximum absolute atomic E-state index is 4.43. The highest BCUT2D eigenvalue weighted by molar-refractivity contribution is 5.60. The van der Waals surface area contributed by atoms with Gasteiger partial charge in [0.15, 0.2) is 0 Å². The topological polar surface area (TPSA) is 56.3 Å². The van der Waals surface area contributed by atoms with Gasteiger partial charge in [-0.15, -0.1) is 6.58 Å². The summed E-state index contributed by atoms with van der Waals surface area (Å²) in [6.45, 7) is 8.73.